The van der Waals surface area contributed by atoms with Crippen molar-refractivity contribution in [1.29, 1.82) is 0 Å². The van der Waals surface area contributed by atoms with E-state index < -0.39 is 0 Å². The van der Waals surface area contributed by atoms with E-state index in [1.165, 1.54) is 6.07 Å². The topological polar surface area (TPSA) is 54.8 Å². The third-order valence-electron chi connectivity index (χ3n) is 3.39. The van der Waals surface area contributed by atoms with Gasteiger partial charge >= 0.3 is 5.95 Å². The van der Waals surface area contributed by atoms with Crippen LogP contribution in [-0.2, 0) is 13.6 Å². The zero-order valence-corrected chi connectivity index (χ0v) is 12.8. The second kappa shape index (κ2) is 5.47. The molecule has 1 aromatic heterocycles. The highest BCUT2D eigenvalue weighted by molar-refractivity contribution is 6.35. The van der Waals surface area contributed by atoms with Gasteiger partial charge in [0.2, 0.25) is 0 Å². The molecule has 3 aromatic rings. The average molecular weight is 322 g/mol. The molecule has 0 fully saturated rings. The summed E-state index contributed by atoms with van der Waals surface area (Å²) < 4.78 is 1.99. The fourth-order valence-electron chi connectivity index (χ4n) is 2.29. The molecule has 0 aliphatic rings. The fraction of sp³-hybridized carbons (Fsp3) is 0.133. The molecule has 108 valence electrons. The minimum absolute atomic E-state index is 0.139. The van der Waals surface area contributed by atoms with E-state index in [9.17, 15) is 5.11 Å². The lowest BCUT2D eigenvalue weighted by molar-refractivity contribution is -0.630. The van der Waals surface area contributed by atoms with Crippen molar-refractivity contribution in [2.45, 2.75) is 6.54 Å². The molecule has 0 bridgehead atoms. The quantitative estimate of drug-likeness (QED) is 0.729. The maximum absolute atomic E-state index is 12.0. The molecular weight excluding hydrogens is 309 g/mol. The summed E-state index contributed by atoms with van der Waals surface area (Å²) in [6.07, 6.45) is 0. The van der Waals surface area contributed by atoms with Crippen molar-refractivity contribution in [3.63, 3.8) is 0 Å². The zero-order chi connectivity index (χ0) is 15.0. The fourth-order valence-corrected chi connectivity index (χ4v) is 2.83. The monoisotopic (exact) mass is 321 g/mol. The molecule has 0 spiro atoms. The molecule has 2 aromatic carbocycles. The van der Waals surface area contributed by atoms with E-state index in [2.05, 4.69) is 10.3 Å². The van der Waals surface area contributed by atoms with Crippen LogP contribution in [0, 0.1) is 0 Å². The number of aryl methyl sites for hydroxylation is 1. The van der Waals surface area contributed by atoms with Gasteiger partial charge in [-0.3, -0.25) is 5.32 Å². The number of H-pyrrole nitrogens is 1. The lowest BCUT2D eigenvalue weighted by atomic mass is 10.2. The van der Waals surface area contributed by atoms with E-state index in [1.54, 1.807) is 6.07 Å². The number of hydrogen-bond acceptors (Lipinski definition) is 2. The molecule has 21 heavy (non-hydrogen) atoms. The van der Waals surface area contributed by atoms with Crippen LogP contribution in [0.5, 0.6) is 5.75 Å². The van der Waals surface area contributed by atoms with Crippen molar-refractivity contribution in [3.05, 3.63) is 52.0 Å². The van der Waals surface area contributed by atoms with Gasteiger partial charge in [0.05, 0.1) is 13.6 Å². The number of halogens is 2. The Kier molecular flexibility index (Phi) is 3.66. The van der Waals surface area contributed by atoms with Gasteiger partial charge in [-0.2, -0.15) is 0 Å². The van der Waals surface area contributed by atoms with Gasteiger partial charge in [0.15, 0.2) is 0 Å². The lowest BCUT2D eigenvalue weighted by Crippen LogP contribution is -2.30. The highest BCUT2D eigenvalue weighted by Gasteiger charge is 2.13. The Morgan fingerprint density at radius 3 is 2.76 bits per heavy atom. The Morgan fingerprint density at radius 2 is 2.00 bits per heavy atom. The van der Waals surface area contributed by atoms with E-state index >= 15 is 0 Å². The molecule has 6 heteroatoms. The number of para-hydroxylation sites is 2. The molecule has 3 rings (SSSR count). The third kappa shape index (κ3) is 2.64. The smallest absolute Gasteiger partial charge is 0.356 e. The Bertz CT molecular complexity index is 814. The average Bonchev–Trinajstić information content (AvgIpc) is 2.78. The van der Waals surface area contributed by atoms with Gasteiger partial charge in [-0.1, -0.05) is 41.1 Å². The first-order chi connectivity index (χ1) is 10.1. The summed E-state index contributed by atoms with van der Waals surface area (Å²) in [6.45, 7) is 0.347. The van der Waals surface area contributed by atoms with Crippen LogP contribution in [0.3, 0.4) is 0 Å². The van der Waals surface area contributed by atoms with Crippen LogP contribution in [0.25, 0.3) is 11.0 Å². The van der Waals surface area contributed by atoms with Gasteiger partial charge in [-0.15, -0.1) is 0 Å². The summed E-state index contributed by atoms with van der Waals surface area (Å²) in [5.74, 6) is 0.610. The molecule has 1 heterocycles. The SMILES string of the molecule is C[n+]1c(NCc2cc(Cl)cc(Cl)c2[O-])[nH]c2ccccc21. The van der Waals surface area contributed by atoms with Crippen molar-refractivity contribution in [2.75, 3.05) is 5.32 Å². The molecule has 0 radical (unpaired) electrons. The highest BCUT2D eigenvalue weighted by Crippen LogP contribution is 2.29. The zero-order valence-electron chi connectivity index (χ0n) is 11.3. The Morgan fingerprint density at radius 1 is 1.24 bits per heavy atom. The van der Waals surface area contributed by atoms with Crippen LogP contribution >= 0.6 is 23.2 Å². The summed E-state index contributed by atoms with van der Waals surface area (Å²) >= 11 is 11.8. The third-order valence-corrected chi connectivity index (χ3v) is 3.88. The first-order valence-corrected chi connectivity index (χ1v) is 7.17. The van der Waals surface area contributed by atoms with Gasteiger partial charge < -0.3 is 5.11 Å². The van der Waals surface area contributed by atoms with Crippen LogP contribution in [0.4, 0.5) is 5.95 Å². The van der Waals surface area contributed by atoms with Crippen molar-refractivity contribution < 1.29 is 9.67 Å². The van der Waals surface area contributed by atoms with Gasteiger partial charge in [-0.05, 0) is 29.8 Å². The van der Waals surface area contributed by atoms with Gasteiger partial charge in [-0.25, -0.2) is 9.55 Å². The van der Waals surface area contributed by atoms with E-state index in [0.29, 0.717) is 17.1 Å². The standard InChI is InChI=1S/C15H13Cl2N3O/c1-20-13-5-3-2-4-12(13)19-15(20)18-8-9-6-10(16)7-11(17)14(9)21/h2-7H,8H2,1H3,(H2,18,19,21). The number of aromatic amines is 1. The van der Waals surface area contributed by atoms with E-state index in [1.807, 2.05) is 35.9 Å². The Hall–Kier alpha value is -1.91. The normalized spacial score (nSPS) is 11.0. The van der Waals surface area contributed by atoms with E-state index in [0.717, 1.165) is 17.0 Å². The maximum atomic E-state index is 12.0. The number of imidazole rings is 1. The number of aromatic nitrogens is 2. The summed E-state index contributed by atoms with van der Waals surface area (Å²) in [5.41, 5.74) is 2.63. The minimum atomic E-state index is -0.202. The molecule has 4 nitrogen and oxygen atoms in total. The number of fused-ring (bicyclic) bond motifs is 1. The Balaban J connectivity index is 1.89. The molecule has 0 aliphatic carbocycles. The number of nitrogens with one attached hydrogen (secondary N) is 2. The predicted molar refractivity (Wildman–Crippen MR) is 82.7 cm³/mol. The molecule has 0 aliphatic heterocycles. The Labute approximate surface area is 131 Å². The van der Waals surface area contributed by atoms with Crippen molar-refractivity contribution in [1.82, 2.24) is 4.98 Å². The van der Waals surface area contributed by atoms with Crippen LogP contribution in [0.1, 0.15) is 5.56 Å². The number of rotatable bonds is 3. The number of benzene rings is 2. The van der Waals surface area contributed by atoms with Crippen molar-refractivity contribution >= 4 is 40.2 Å². The van der Waals surface area contributed by atoms with Gasteiger partial charge in [0, 0.05) is 10.0 Å². The molecule has 2 N–H and O–H groups in total. The first-order valence-electron chi connectivity index (χ1n) is 6.42. The lowest BCUT2D eigenvalue weighted by Gasteiger charge is -2.14. The van der Waals surface area contributed by atoms with E-state index in [-0.39, 0.29) is 10.8 Å². The second-order valence-corrected chi connectivity index (χ2v) is 5.62. The molecule has 0 saturated carbocycles. The van der Waals surface area contributed by atoms with Crippen LogP contribution in [-0.4, -0.2) is 4.98 Å². The van der Waals surface area contributed by atoms with Crippen molar-refractivity contribution in [3.8, 4) is 5.75 Å². The summed E-state index contributed by atoms with van der Waals surface area (Å²) in [6, 6.07) is 11.0. The summed E-state index contributed by atoms with van der Waals surface area (Å²) in [5, 5.41) is 15.8. The second-order valence-electron chi connectivity index (χ2n) is 4.78. The van der Waals surface area contributed by atoms with Crippen LogP contribution < -0.4 is 15.0 Å². The molecule has 0 amide bonds. The van der Waals surface area contributed by atoms with Gasteiger partial charge in [0.1, 0.15) is 11.0 Å². The first kappa shape index (κ1) is 14.0. The molecule has 0 atom stereocenters. The molecule has 0 unspecified atom stereocenters. The number of nitrogens with zero attached hydrogens (tertiary/aromatic N) is 1. The number of anilines is 1. The predicted octanol–water partition coefficient (Wildman–Crippen LogP) is 2.98. The maximum Gasteiger partial charge on any atom is 0.356 e. The van der Waals surface area contributed by atoms with Gasteiger partial charge in [0.25, 0.3) is 0 Å². The molecular formula is C15H13Cl2N3O. The van der Waals surface area contributed by atoms with Crippen LogP contribution in [0.15, 0.2) is 36.4 Å². The molecule has 0 saturated heterocycles. The van der Waals surface area contributed by atoms with Crippen LogP contribution in [0.2, 0.25) is 10.0 Å². The summed E-state index contributed by atoms with van der Waals surface area (Å²) in [7, 11) is 1.95. The summed E-state index contributed by atoms with van der Waals surface area (Å²) in [4.78, 5) is 3.27. The minimum Gasteiger partial charge on any atom is -0.871 e. The van der Waals surface area contributed by atoms with Crippen molar-refractivity contribution in [2.24, 2.45) is 7.05 Å². The largest absolute Gasteiger partial charge is 0.871 e. The van der Waals surface area contributed by atoms with E-state index in [4.69, 9.17) is 23.2 Å². The number of hydrogen-bond donors (Lipinski definition) is 2. The highest BCUT2D eigenvalue weighted by atomic mass is 35.5.